The Morgan fingerprint density at radius 2 is 2.08 bits per heavy atom. The van der Waals surface area contributed by atoms with Crippen molar-refractivity contribution in [1.29, 1.82) is 0 Å². The number of piperidine rings is 1. The van der Waals surface area contributed by atoms with Crippen molar-refractivity contribution in [2.45, 2.75) is 39.8 Å². The van der Waals surface area contributed by atoms with Crippen molar-refractivity contribution >= 4 is 5.91 Å². The van der Waals surface area contributed by atoms with Crippen LogP contribution in [0.3, 0.4) is 0 Å². The smallest absolute Gasteiger partial charge is 0.251 e. The predicted molar refractivity (Wildman–Crippen MR) is 95.1 cm³/mol. The molecule has 0 radical (unpaired) electrons. The summed E-state index contributed by atoms with van der Waals surface area (Å²) in [6, 6.07) is 10.2. The maximum absolute atomic E-state index is 12.4. The monoisotopic (exact) mass is 326 g/mol. The normalized spacial score (nSPS) is 20.8. The van der Waals surface area contributed by atoms with Crippen LogP contribution in [0.1, 0.15) is 40.7 Å². The molecule has 2 unspecified atom stereocenters. The second-order valence-corrected chi connectivity index (χ2v) is 6.83. The Morgan fingerprint density at radius 3 is 2.71 bits per heavy atom. The Hall–Kier alpha value is -2.14. The van der Waals surface area contributed by atoms with Crippen molar-refractivity contribution in [2.24, 2.45) is 5.92 Å². The molecule has 2 N–H and O–H groups in total. The van der Waals surface area contributed by atoms with Gasteiger partial charge in [-0.1, -0.05) is 19.1 Å². The molecule has 0 spiro atoms. The van der Waals surface area contributed by atoms with E-state index in [9.17, 15) is 4.79 Å². The van der Waals surface area contributed by atoms with Crippen LogP contribution in [0.4, 0.5) is 0 Å². The van der Waals surface area contributed by atoms with Gasteiger partial charge in [-0.2, -0.15) is 5.10 Å². The molecule has 2 aromatic rings. The number of carbonyl (C=O) groups is 1. The van der Waals surface area contributed by atoms with E-state index in [4.69, 9.17) is 0 Å². The van der Waals surface area contributed by atoms with E-state index in [1.807, 2.05) is 35.9 Å². The number of aromatic nitrogens is 2. The topological polar surface area (TPSA) is 59.0 Å². The van der Waals surface area contributed by atoms with Crippen LogP contribution in [0.2, 0.25) is 0 Å². The molecule has 1 aromatic carbocycles. The lowest BCUT2D eigenvalue weighted by Crippen LogP contribution is -2.48. The molecule has 0 saturated carbocycles. The van der Waals surface area contributed by atoms with Crippen molar-refractivity contribution < 1.29 is 4.79 Å². The van der Waals surface area contributed by atoms with Crippen LogP contribution in [0, 0.1) is 19.8 Å². The van der Waals surface area contributed by atoms with Gasteiger partial charge < -0.3 is 10.6 Å². The highest BCUT2D eigenvalue weighted by molar-refractivity contribution is 5.94. The number of hydrogen-bond acceptors (Lipinski definition) is 3. The number of hydrogen-bond donors (Lipinski definition) is 2. The first-order chi connectivity index (χ1) is 11.5. The minimum Gasteiger partial charge on any atom is -0.349 e. The Morgan fingerprint density at radius 1 is 1.33 bits per heavy atom. The van der Waals surface area contributed by atoms with Gasteiger partial charge in [0.2, 0.25) is 0 Å². The first-order valence-corrected chi connectivity index (χ1v) is 8.64. The van der Waals surface area contributed by atoms with Crippen LogP contribution in [0.5, 0.6) is 0 Å². The SMILES string of the molecule is Cc1cc(C)n(Cc2ccc(C(=O)NC3CCNCC3C)cc2)n1. The average Bonchev–Trinajstić information content (AvgIpc) is 2.88. The number of benzene rings is 1. The molecule has 2 atom stereocenters. The highest BCUT2D eigenvalue weighted by Crippen LogP contribution is 2.13. The zero-order valence-corrected chi connectivity index (χ0v) is 14.7. The van der Waals surface area contributed by atoms with Gasteiger partial charge >= 0.3 is 0 Å². The van der Waals surface area contributed by atoms with E-state index >= 15 is 0 Å². The fourth-order valence-electron chi connectivity index (χ4n) is 3.25. The van der Waals surface area contributed by atoms with Gasteiger partial charge in [-0.05, 0) is 63.0 Å². The molecule has 1 saturated heterocycles. The highest BCUT2D eigenvalue weighted by atomic mass is 16.1. The number of aryl methyl sites for hydroxylation is 2. The minimum atomic E-state index is 0.0198. The van der Waals surface area contributed by atoms with Crippen LogP contribution in [0.25, 0.3) is 0 Å². The lowest BCUT2D eigenvalue weighted by atomic mass is 9.95. The predicted octanol–water partition coefficient (Wildman–Crippen LogP) is 2.28. The summed E-state index contributed by atoms with van der Waals surface area (Å²) in [5.41, 5.74) is 4.04. The van der Waals surface area contributed by atoms with Gasteiger partial charge in [-0.25, -0.2) is 0 Å². The number of rotatable bonds is 4. The minimum absolute atomic E-state index is 0.0198. The molecule has 1 fully saturated rings. The number of nitrogens with one attached hydrogen (secondary N) is 2. The molecule has 0 aliphatic carbocycles. The maximum atomic E-state index is 12.4. The molecule has 1 aliphatic rings. The summed E-state index contributed by atoms with van der Waals surface area (Å²) in [5, 5.41) is 11.0. The fourth-order valence-corrected chi connectivity index (χ4v) is 3.25. The van der Waals surface area contributed by atoms with Crippen molar-refractivity contribution in [3.63, 3.8) is 0 Å². The number of carbonyl (C=O) groups excluding carboxylic acids is 1. The van der Waals surface area contributed by atoms with Crippen molar-refractivity contribution in [2.75, 3.05) is 13.1 Å². The van der Waals surface area contributed by atoms with Crippen molar-refractivity contribution in [3.05, 3.63) is 52.8 Å². The number of amides is 1. The van der Waals surface area contributed by atoms with Gasteiger partial charge in [0.1, 0.15) is 0 Å². The van der Waals surface area contributed by atoms with Gasteiger partial charge in [0.25, 0.3) is 5.91 Å². The second kappa shape index (κ2) is 7.18. The second-order valence-electron chi connectivity index (χ2n) is 6.83. The lowest BCUT2D eigenvalue weighted by Gasteiger charge is -2.30. The third kappa shape index (κ3) is 3.85. The Kier molecular flexibility index (Phi) is 5.00. The quantitative estimate of drug-likeness (QED) is 0.906. The molecule has 1 aromatic heterocycles. The van der Waals surface area contributed by atoms with Gasteiger partial charge in [-0.3, -0.25) is 9.48 Å². The average molecular weight is 326 g/mol. The summed E-state index contributed by atoms with van der Waals surface area (Å²) in [6.07, 6.45) is 0.989. The summed E-state index contributed by atoms with van der Waals surface area (Å²) < 4.78 is 1.99. The third-order valence-electron chi connectivity index (χ3n) is 4.75. The summed E-state index contributed by atoms with van der Waals surface area (Å²) >= 11 is 0. The standard InChI is InChI=1S/C19H26N4O/c1-13-11-20-9-8-18(13)21-19(24)17-6-4-16(5-7-17)12-23-15(3)10-14(2)22-23/h4-7,10,13,18,20H,8-9,11-12H2,1-3H3,(H,21,24). The molecule has 1 aliphatic heterocycles. The van der Waals surface area contributed by atoms with E-state index in [2.05, 4.69) is 35.6 Å². The molecule has 3 rings (SSSR count). The maximum Gasteiger partial charge on any atom is 0.251 e. The van der Waals surface area contributed by atoms with E-state index in [1.54, 1.807) is 0 Å². The van der Waals surface area contributed by atoms with Gasteiger partial charge in [-0.15, -0.1) is 0 Å². The van der Waals surface area contributed by atoms with E-state index in [-0.39, 0.29) is 11.9 Å². The molecule has 0 bridgehead atoms. The first kappa shape index (κ1) is 16.7. The molecule has 5 heteroatoms. The summed E-state index contributed by atoms with van der Waals surface area (Å²) in [6.45, 7) is 8.89. The Labute approximate surface area is 143 Å². The molecule has 5 nitrogen and oxygen atoms in total. The van der Waals surface area contributed by atoms with E-state index in [1.165, 1.54) is 0 Å². The Balaban J connectivity index is 1.63. The number of nitrogens with zero attached hydrogens (tertiary/aromatic N) is 2. The van der Waals surface area contributed by atoms with E-state index < -0.39 is 0 Å². The molecular weight excluding hydrogens is 300 g/mol. The summed E-state index contributed by atoms with van der Waals surface area (Å²) in [4.78, 5) is 12.4. The molecule has 24 heavy (non-hydrogen) atoms. The van der Waals surface area contributed by atoms with Crippen molar-refractivity contribution in [3.8, 4) is 0 Å². The molecule has 2 heterocycles. The highest BCUT2D eigenvalue weighted by Gasteiger charge is 2.22. The van der Waals surface area contributed by atoms with Crippen LogP contribution in [-0.4, -0.2) is 34.8 Å². The third-order valence-corrected chi connectivity index (χ3v) is 4.75. The Bertz CT molecular complexity index is 705. The molecule has 128 valence electrons. The van der Waals surface area contributed by atoms with Crippen LogP contribution < -0.4 is 10.6 Å². The summed E-state index contributed by atoms with van der Waals surface area (Å²) in [7, 11) is 0. The zero-order valence-electron chi connectivity index (χ0n) is 14.7. The first-order valence-electron chi connectivity index (χ1n) is 8.64. The van der Waals surface area contributed by atoms with E-state index in [0.29, 0.717) is 5.92 Å². The molecule has 1 amide bonds. The fraction of sp³-hybridized carbons (Fsp3) is 0.474. The van der Waals surface area contributed by atoms with Crippen LogP contribution in [0.15, 0.2) is 30.3 Å². The van der Waals surface area contributed by atoms with Crippen molar-refractivity contribution in [1.82, 2.24) is 20.4 Å². The molecular formula is C19H26N4O. The van der Waals surface area contributed by atoms with Gasteiger partial charge in [0, 0.05) is 17.3 Å². The largest absolute Gasteiger partial charge is 0.349 e. The lowest BCUT2D eigenvalue weighted by molar-refractivity contribution is 0.0914. The zero-order chi connectivity index (χ0) is 17.1. The van der Waals surface area contributed by atoms with Crippen LogP contribution in [-0.2, 0) is 6.54 Å². The summed E-state index contributed by atoms with van der Waals surface area (Å²) in [5.74, 6) is 0.486. The van der Waals surface area contributed by atoms with Crippen LogP contribution >= 0.6 is 0 Å². The van der Waals surface area contributed by atoms with Gasteiger partial charge in [0.15, 0.2) is 0 Å². The van der Waals surface area contributed by atoms with E-state index in [0.717, 1.165) is 48.6 Å². The van der Waals surface area contributed by atoms with Gasteiger partial charge in [0.05, 0.1) is 12.2 Å².